The van der Waals surface area contributed by atoms with Crippen LogP contribution < -0.4 is 4.90 Å². The molecular formula is C14H21ClN2O2S. The van der Waals surface area contributed by atoms with Gasteiger partial charge in [-0.15, -0.1) is 11.6 Å². The first-order valence-electron chi connectivity index (χ1n) is 6.93. The summed E-state index contributed by atoms with van der Waals surface area (Å²) in [5, 5.41) is 0. The van der Waals surface area contributed by atoms with E-state index in [1.165, 1.54) is 0 Å². The molecule has 0 aromatic heterocycles. The van der Waals surface area contributed by atoms with Gasteiger partial charge in [-0.1, -0.05) is 6.92 Å². The molecule has 2 rings (SSSR count). The lowest BCUT2D eigenvalue weighted by molar-refractivity contribution is 0.272. The molecule has 1 heterocycles. The second-order valence-corrected chi connectivity index (χ2v) is 7.57. The van der Waals surface area contributed by atoms with E-state index in [2.05, 4.69) is 9.80 Å². The molecule has 0 amide bonds. The zero-order valence-electron chi connectivity index (χ0n) is 11.8. The number of anilines is 1. The molecule has 0 spiro atoms. The van der Waals surface area contributed by atoms with Gasteiger partial charge < -0.3 is 4.90 Å². The van der Waals surface area contributed by atoms with Crippen LogP contribution in [-0.4, -0.2) is 57.7 Å². The Morgan fingerprint density at radius 2 is 1.70 bits per heavy atom. The number of rotatable bonds is 5. The summed E-state index contributed by atoms with van der Waals surface area (Å²) in [6, 6.07) is 7.22. The predicted octanol–water partition coefficient (Wildman–Crippen LogP) is 1.84. The predicted molar refractivity (Wildman–Crippen MR) is 83.5 cm³/mol. The van der Waals surface area contributed by atoms with E-state index in [0.29, 0.717) is 10.8 Å². The van der Waals surface area contributed by atoms with Crippen LogP contribution in [0.15, 0.2) is 29.2 Å². The molecule has 1 fully saturated rings. The van der Waals surface area contributed by atoms with E-state index in [0.717, 1.165) is 38.4 Å². The summed E-state index contributed by atoms with van der Waals surface area (Å²) in [5.41, 5.74) is 1.09. The molecule has 1 aliphatic rings. The van der Waals surface area contributed by atoms with E-state index >= 15 is 0 Å². The second kappa shape index (κ2) is 6.78. The van der Waals surface area contributed by atoms with Crippen LogP contribution in [0.2, 0.25) is 0 Å². The molecule has 1 aromatic rings. The maximum absolute atomic E-state index is 11.8. The lowest BCUT2D eigenvalue weighted by Gasteiger charge is -2.35. The van der Waals surface area contributed by atoms with Crippen molar-refractivity contribution in [3.63, 3.8) is 0 Å². The lowest BCUT2D eigenvalue weighted by Crippen LogP contribution is -2.46. The third kappa shape index (κ3) is 3.65. The van der Waals surface area contributed by atoms with Gasteiger partial charge in [0.05, 0.1) is 10.6 Å². The van der Waals surface area contributed by atoms with Crippen LogP contribution in [0.4, 0.5) is 5.69 Å². The van der Waals surface area contributed by atoms with Gasteiger partial charge in [0.25, 0.3) is 0 Å². The van der Waals surface area contributed by atoms with Gasteiger partial charge in [-0.05, 0) is 24.3 Å². The van der Waals surface area contributed by atoms with E-state index in [1.54, 1.807) is 19.1 Å². The molecule has 1 aliphatic heterocycles. The Kier molecular flexibility index (Phi) is 5.29. The number of halogens is 1. The first kappa shape index (κ1) is 15.6. The smallest absolute Gasteiger partial charge is 0.178 e. The molecule has 0 N–H and O–H groups in total. The molecule has 0 unspecified atom stereocenters. The molecule has 1 aromatic carbocycles. The van der Waals surface area contributed by atoms with Gasteiger partial charge in [0.15, 0.2) is 9.84 Å². The van der Waals surface area contributed by atoms with Crippen molar-refractivity contribution in [3.05, 3.63) is 24.3 Å². The van der Waals surface area contributed by atoms with E-state index in [9.17, 15) is 8.42 Å². The molecule has 0 atom stereocenters. The van der Waals surface area contributed by atoms with Gasteiger partial charge in [-0.3, -0.25) is 4.90 Å². The minimum Gasteiger partial charge on any atom is -0.369 e. The van der Waals surface area contributed by atoms with Gasteiger partial charge in [0.2, 0.25) is 0 Å². The number of alkyl halides is 1. The van der Waals surface area contributed by atoms with E-state index in [1.807, 2.05) is 12.1 Å². The number of piperazine rings is 1. The first-order valence-corrected chi connectivity index (χ1v) is 9.11. The summed E-state index contributed by atoms with van der Waals surface area (Å²) in [6.45, 7) is 6.51. The summed E-state index contributed by atoms with van der Waals surface area (Å²) in [6.07, 6.45) is 0. The Bertz CT molecular complexity index is 523. The number of sulfone groups is 1. The lowest BCUT2D eigenvalue weighted by atomic mass is 10.2. The summed E-state index contributed by atoms with van der Waals surface area (Å²) < 4.78 is 23.5. The van der Waals surface area contributed by atoms with Crippen molar-refractivity contribution in [1.29, 1.82) is 0 Å². The van der Waals surface area contributed by atoms with E-state index < -0.39 is 9.84 Å². The molecule has 0 aliphatic carbocycles. The SMILES string of the molecule is CCS(=O)(=O)c1ccc(N2CCN(CCCl)CC2)cc1. The monoisotopic (exact) mass is 316 g/mol. The van der Waals surface area contributed by atoms with Crippen molar-refractivity contribution >= 4 is 27.1 Å². The van der Waals surface area contributed by atoms with Gasteiger partial charge >= 0.3 is 0 Å². The zero-order chi connectivity index (χ0) is 14.6. The maximum Gasteiger partial charge on any atom is 0.178 e. The molecule has 0 saturated carbocycles. The Morgan fingerprint density at radius 3 is 2.20 bits per heavy atom. The van der Waals surface area contributed by atoms with Crippen LogP contribution in [0.3, 0.4) is 0 Å². The van der Waals surface area contributed by atoms with Crippen LogP contribution in [0.25, 0.3) is 0 Å². The Morgan fingerprint density at radius 1 is 1.10 bits per heavy atom. The third-order valence-electron chi connectivity index (χ3n) is 3.71. The second-order valence-electron chi connectivity index (χ2n) is 4.91. The normalized spacial score (nSPS) is 17.4. The molecular weight excluding hydrogens is 296 g/mol. The van der Waals surface area contributed by atoms with Gasteiger partial charge in [0, 0.05) is 44.3 Å². The molecule has 20 heavy (non-hydrogen) atoms. The summed E-state index contributed by atoms with van der Waals surface area (Å²) in [5.74, 6) is 0.813. The number of benzene rings is 1. The van der Waals surface area contributed by atoms with E-state index in [4.69, 9.17) is 11.6 Å². The summed E-state index contributed by atoms with van der Waals surface area (Å²) >= 11 is 5.75. The van der Waals surface area contributed by atoms with Crippen LogP contribution >= 0.6 is 11.6 Å². The molecule has 0 bridgehead atoms. The minimum atomic E-state index is -3.10. The van der Waals surface area contributed by atoms with Crippen LogP contribution in [0.1, 0.15) is 6.92 Å². The summed E-state index contributed by atoms with van der Waals surface area (Å²) in [7, 11) is -3.10. The quantitative estimate of drug-likeness (QED) is 0.777. The Balaban J connectivity index is 2.01. The van der Waals surface area contributed by atoms with E-state index in [-0.39, 0.29) is 5.75 Å². The molecule has 6 heteroatoms. The van der Waals surface area contributed by atoms with Crippen molar-refractivity contribution in [1.82, 2.24) is 4.90 Å². The van der Waals surface area contributed by atoms with Crippen molar-refractivity contribution in [3.8, 4) is 0 Å². The standard InChI is InChI=1S/C14H21ClN2O2S/c1-2-20(18,19)14-5-3-13(4-6-14)17-11-9-16(8-7-15)10-12-17/h3-6H,2,7-12H2,1H3. The Labute approximate surface area is 126 Å². The van der Waals surface area contributed by atoms with Crippen LogP contribution in [0, 0.1) is 0 Å². The first-order chi connectivity index (χ1) is 9.56. The average Bonchev–Trinajstić information content (AvgIpc) is 2.48. The molecule has 1 saturated heterocycles. The summed E-state index contributed by atoms with van der Waals surface area (Å²) in [4.78, 5) is 5.04. The number of nitrogens with zero attached hydrogens (tertiary/aromatic N) is 2. The van der Waals surface area contributed by atoms with Gasteiger partial charge in [0.1, 0.15) is 0 Å². The minimum absolute atomic E-state index is 0.142. The fourth-order valence-corrected chi connectivity index (χ4v) is 3.50. The molecule has 0 radical (unpaired) electrons. The van der Waals surface area contributed by atoms with Crippen molar-refractivity contribution in [2.75, 3.05) is 49.3 Å². The highest BCUT2D eigenvalue weighted by molar-refractivity contribution is 7.91. The zero-order valence-corrected chi connectivity index (χ0v) is 13.3. The average molecular weight is 317 g/mol. The molecule has 4 nitrogen and oxygen atoms in total. The third-order valence-corrected chi connectivity index (χ3v) is 5.63. The topological polar surface area (TPSA) is 40.6 Å². The highest BCUT2D eigenvalue weighted by Crippen LogP contribution is 2.20. The fourth-order valence-electron chi connectivity index (χ4n) is 2.38. The highest BCUT2D eigenvalue weighted by atomic mass is 35.5. The van der Waals surface area contributed by atoms with Crippen molar-refractivity contribution in [2.24, 2.45) is 0 Å². The van der Waals surface area contributed by atoms with Crippen LogP contribution in [-0.2, 0) is 9.84 Å². The number of hydrogen-bond acceptors (Lipinski definition) is 4. The largest absolute Gasteiger partial charge is 0.369 e. The highest BCUT2D eigenvalue weighted by Gasteiger charge is 2.17. The van der Waals surface area contributed by atoms with Crippen LogP contribution in [0.5, 0.6) is 0 Å². The molecule has 112 valence electrons. The Hall–Kier alpha value is -0.780. The van der Waals surface area contributed by atoms with Gasteiger partial charge in [-0.25, -0.2) is 8.42 Å². The fraction of sp³-hybridized carbons (Fsp3) is 0.571. The van der Waals surface area contributed by atoms with Gasteiger partial charge in [-0.2, -0.15) is 0 Å². The van der Waals surface area contributed by atoms with Crippen molar-refractivity contribution in [2.45, 2.75) is 11.8 Å². The number of hydrogen-bond donors (Lipinski definition) is 0. The van der Waals surface area contributed by atoms with Crippen molar-refractivity contribution < 1.29 is 8.42 Å². The maximum atomic E-state index is 11.8.